The van der Waals surface area contributed by atoms with E-state index in [1.165, 1.54) is 11.6 Å². The van der Waals surface area contributed by atoms with E-state index in [0.717, 1.165) is 6.42 Å². The van der Waals surface area contributed by atoms with E-state index in [0.29, 0.717) is 25.3 Å². The molecule has 19 heavy (non-hydrogen) atoms. The Morgan fingerprint density at radius 3 is 2.95 bits per heavy atom. The Hall–Kier alpha value is -1.20. The smallest absolute Gasteiger partial charge is 0.255 e. The van der Waals surface area contributed by atoms with Crippen LogP contribution < -0.4 is 0 Å². The zero-order valence-corrected chi connectivity index (χ0v) is 12.2. The monoisotopic (exact) mass is 327 g/mol. The maximum Gasteiger partial charge on any atom is 0.255 e. The molecule has 0 saturated heterocycles. The van der Waals surface area contributed by atoms with Gasteiger partial charge in [0.2, 0.25) is 0 Å². The summed E-state index contributed by atoms with van der Waals surface area (Å²) in [5.41, 5.74) is 1.56. The molecular formula is C14H15BrFNO2. The quantitative estimate of drug-likeness (QED) is 0.799. The first-order chi connectivity index (χ1) is 9.13. The van der Waals surface area contributed by atoms with Crippen LogP contribution in [0.1, 0.15) is 16.8 Å². The Balaban J connectivity index is 2.12. The van der Waals surface area contributed by atoms with Gasteiger partial charge >= 0.3 is 0 Å². The standard InChI is InChI=1S/C14H15BrFNO2/c1-19-9-10-5-7-17(8-6-10)14(18)11-3-2-4-12(16)13(11)15/h2-5H,6-9H2,1H3. The predicted octanol–water partition coefficient (Wildman–Crippen LogP) is 3.01. The Labute approximate surface area is 120 Å². The lowest BCUT2D eigenvalue weighted by molar-refractivity contribution is 0.0763. The number of hydrogen-bond acceptors (Lipinski definition) is 2. The molecule has 0 aromatic heterocycles. The van der Waals surface area contributed by atoms with Gasteiger partial charge in [0, 0.05) is 20.2 Å². The van der Waals surface area contributed by atoms with E-state index in [1.54, 1.807) is 24.1 Å². The molecule has 102 valence electrons. The minimum Gasteiger partial charge on any atom is -0.380 e. The molecule has 0 spiro atoms. The topological polar surface area (TPSA) is 29.5 Å². The molecule has 0 radical (unpaired) electrons. The number of benzene rings is 1. The molecule has 1 aliphatic heterocycles. The van der Waals surface area contributed by atoms with E-state index in [9.17, 15) is 9.18 Å². The first-order valence-electron chi connectivity index (χ1n) is 6.03. The van der Waals surface area contributed by atoms with Crippen LogP contribution in [0.4, 0.5) is 4.39 Å². The van der Waals surface area contributed by atoms with Crippen molar-refractivity contribution in [1.29, 1.82) is 0 Å². The van der Waals surface area contributed by atoms with Gasteiger partial charge in [0.25, 0.3) is 5.91 Å². The molecule has 0 bridgehead atoms. The van der Waals surface area contributed by atoms with Crippen LogP contribution >= 0.6 is 15.9 Å². The largest absolute Gasteiger partial charge is 0.380 e. The summed E-state index contributed by atoms with van der Waals surface area (Å²) in [6.45, 7) is 1.78. The van der Waals surface area contributed by atoms with Crippen LogP contribution in [0.2, 0.25) is 0 Å². The molecule has 0 unspecified atom stereocenters. The van der Waals surface area contributed by atoms with Crippen molar-refractivity contribution in [1.82, 2.24) is 4.90 Å². The number of hydrogen-bond donors (Lipinski definition) is 0. The highest BCUT2D eigenvalue weighted by Crippen LogP contribution is 2.23. The van der Waals surface area contributed by atoms with Gasteiger partial charge in [-0.1, -0.05) is 12.1 Å². The van der Waals surface area contributed by atoms with Crippen molar-refractivity contribution >= 4 is 21.8 Å². The maximum atomic E-state index is 13.4. The summed E-state index contributed by atoms with van der Waals surface area (Å²) in [7, 11) is 1.65. The molecule has 1 aromatic carbocycles. The van der Waals surface area contributed by atoms with Crippen LogP contribution in [-0.4, -0.2) is 37.6 Å². The van der Waals surface area contributed by atoms with Crippen LogP contribution in [0.15, 0.2) is 34.3 Å². The van der Waals surface area contributed by atoms with Crippen molar-refractivity contribution in [3.63, 3.8) is 0 Å². The SMILES string of the molecule is COCC1=CCN(C(=O)c2cccc(F)c2Br)CC1. The molecular weight excluding hydrogens is 313 g/mol. The first kappa shape index (κ1) is 14.2. The van der Waals surface area contributed by atoms with E-state index in [2.05, 4.69) is 15.9 Å². The summed E-state index contributed by atoms with van der Waals surface area (Å²) in [4.78, 5) is 14.0. The van der Waals surface area contributed by atoms with Gasteiger partial charge in [0.1, 0.15) is 5.82 Å². The second kappa shape index (κ2) is 6.30. The zero-order chi connectivity index (χ0) is 13.8. The maximum absolute atomic E-state index is 13.4. The van der Waals surface area contributed by atoms with Crippen molar-refractivity contribution in [3.05, 3.63) is 45.7 Å². The third kappa shape index (κ3) is 3.22. The Morgan fingerprint density at radius 1 is 1.53 bits per heavy atom. The number of ether oxygens (including phenoxy) is 1. The molecule has 2 rings (SSSR count). The lowest BCUT2D eigenvalue weighted by Gasteiger charge is -2.26. The van der Waals surface area contributed by atoms with Gasteiger partial charge in [-0.05, 0) is 40.1 Å². The molecule has 1 amide bonds. The van der Waals surface area contributed by atoms with E-state index >= 15 is 0 Å². The van der Waals surface area contributed by atoms with Gasteiger partial charge in [-0.25, -0.2) is 4.39 Å². The normalized spacial score (nSPS) is 15.3. The van der Waals surface area contributed by atoms with E-state index in [4.69, 9.17) is 4.74 Å². The third-order valence-corrected chi connectivity index (χ3v) is 3.91. The Kier molecular flexibility index (Phi) is 4.71. The van der Waals surface area contributed by atoms with E-state index in [1.807, 2.05) is 6.08 Å². The average molecular weight is 328 g/mol. The number of rotatable bonds is 3. The highest BCUT2D eigenvalue weighted by Gasteiger charge is 2.21. The van der Waals surface area contributed by atoms with Crippen LogP contribution in [-0.2, 0) is 4.74 Å². The summed E-state index contributed by atoms with van der Waals surface area (Å²) in [6.07, 6.45) is 2.80. The second-order valence-corrected chi connectivity index (χ2v) is 5.19. The predicted molar refractivity (Wildman–Crippen MR) is 74.6 cm³/mol. The molecule has 0 N–H and O–H groups in total. The number of nitrogens with zero attached hydrogens (tertiary/aromatic N) is 1. The number of carbonyl (C=O) groups is 1. The van der Waals surface area contributed by atoms with Gasteiger partial charge in [0.05, 0.1) is 16.6 Å². The molecule has 0 fully saturated rings. The van der Waals surface area contributed by atoms with Crippen molar-refractivity contribution in [2.45, 2.75) is 6.42 Å². The van der Waals surface area contributed by atoms with Crippen molar-refractivity contribution in [2.75, 3.05) is 26.8 Å². The molecule has 3 nitrogen and oxygen atoms in total. The van der Waals surface area contributed by atoms with Gasteiger partial charge in [0.15, 0.2) is 0 Å². The number of amides is 1. The third-order valence-electron chi connectivity index (χ3n) is 3.10. The zero-order valence-electron chi connectivity index (χ0n) is 10.7. The van der Waals surface area contributed by atoms with Crippen LogP contribution in [0.25, 0.3) is 0 Å². The minimum absolute atomic E-state index is 0.154. The van der Waals surface area contributed by atoms with Crippen molar-refractivity contribution in [3.8, 4) is 0 Å². The molecule has 0 aliphatic carbocycles. The fraction of sp³-hybridized carbons (Fsp3) is 0.357. The van der Waals surface area contributed by atoms with Gasteiger partial charge in [-0.2, -0.15) is 0 Å². The van der Waals surface area contributed by atoms with E-state index in [-0.39, 0.29) is 10.4 Å². The fourth-order valence-corrected chi connectivity index (χ4v) is 2.49. The summed E-state index contributed by atoms with van der Waals surface area (Å²) < 4.78 is 18.7. The minimum atomic E-state index is -0.418. The second-order valence-electron chi connectivity index (χ2n) is 4.40. The van der Waals surface area contributed by atoms with Crippen molar-refractivity contribution < 1.29 is 13.9 Å². The fourth-order valence-electron chi connectivity index (χ4n) is 2.05. The van der Waals surface area contributed by atoms with Crippen molar-refractivity contribution in [2.24, 2.45) is 0 Å². The average Bonchev–Trinajstić information content (AvgIpc) is 2.42. The first-order valence-corrected chi connectivity index (χ1v) is 6.83. The highest BCUT2D eigenvalue weighted by molar-refractivity contribution is 9.10. The van der Waals surface area contributed by atoms with Gasteiger partial charge < -0.3 is 9.64 Å². The summed E-state index contributed by atoms with van der Waals surface area (Å²) >= 11 is 3.13. The molecule has 1 heterocycles. The highest BCUT2D eigenvalue weighted by atomic mass is 79.9. The molecule has 5 heteroatoms. The lowest BCUT2D eigenvalue weighted by atomic mass is 10.1. The summed E-state index contributed by atoms with van der Waals surface area (Å²) in [5.74, 6) is -0.572. The van der Waals surface area contributed by atoms with Crippen LogP contribution in [0, 0.1) is 5.82 Å². The van der Waals surface area contributed by atoms with Crippen LogP contribution in [0.5, 0.6) is 0 Å². The van der Waals surface area contributed by atoms with Crippen LogP contribution in [0.3, 0.4) is 0 Å². The lowest BCUT2D eigenvalue weighted by Crippen LogP contribution is -2.35. The number of carbonyl (C=O) groups excluding carboxylic acids is 1. The Morgan fingerprint density at radius 2 is 2.32 bits per heavy atom. The Bertz CT molecular complexity index is 516. The molecule has 1 aliphatic rings. The summed E-state index contributed by atoms with van der Waals surface area (Å²) in [6, 6.07) is 4.50. The summed E-state index contributed by atoms with van der Waals surface area (Å²) in [5, 5.41) is 0. The van der Waals surface area contributed by atoms with Gasteiger partial charge in [-0.3, -0.25) is 4.79 Å². The van der Waals surface area contributed by atoms with E-state index < -0.39 is 5.82 Å². The number of halogens is 2. The molecule has 0 atom stereocenters. The number of methoxy groups -OCH3 is 1. The van der Waals surface area contributed by atoms with Gasteiger partial charge in [-0.15, -0.1) is 0 Å². The molecule has 0 saturated carbocycles. The molecule has 1 aromatic rings.